The fourth-order valence-corrected chi connectivity index (χ4v) is 2.58. The van der Waals surface area contributed by atoms with E-state index in [-0.39, 0.29) is 6.04 Å². The zero-order valence-corrected chi connectivity index (χ0v) is 10.3. The first-order valence-electron chi connectivity index (χ1n) is 6.25. The lowest BCUT2D eigenvalue weighted by molar-refractivity contribution is 0.413. The van der Waals surface area contributed by atoms with Gasteiger partial charge in [-0.1, -0.05) is 6.07 Å². The molecule has 0 spiro atoms. The molecule has 3 nitrogen and oxygen atoms in total. The van der Waals surface area contributed by atoms with Crippen molar-refractivity contribution >= 4 is 5.69 Å². The fraction of sp³-hybridized carbons (Fsp3) is 0.500. The van der Waals surface area contributed by atoms with Crippen molar-refractivity contribution in [1.82, 2.24) is 0 Å². The summed E-state index contributed by atoms with van der Waals surface area (Å²) in [6.07, 6.45) is 3.61. The lowest BCUT2D eigenvalue weighted by Gasteiger charge is -2.39. The van der Waals surface area contributed by atoms with E-state index in [1.807, 2.05) is 18.2 Å². The van der Waals surface area contributed by atoms with E-state index < -0.39 is 0 Å². The predicted octanol–water partition coefficient (Wildman–Crippen LogP) is 2.26. The van der Waals surface area contributed by atoms with Crippen molar-refractivity contribution in [2.45, 2.75) is 38.3 Å². The Kier molecular flexibility index (Phi) is 3.65. The molecule has 0 aliphatic carbocycles. The van der Waals surface area contributed by atoms with Gasteiger partial charge in [0.25, 0.3) is 0 Å². The van der Waals surface area contributed by atoms with Crippen molar-refractivity contribution in [2.24, 2.45) is 5.73 Å². The summed E-state index contributed by atoms with van der Waals surface area (Å²) in [6, 6.07) is 10.6. The highest BCUT2D eigenvalue weighted by atomic mass is 15.2. The average molecular weight is 229 g/mol. The molecule has 0 bridgehead atoms. The van der Waals surface area contributed by atoms with Crippen LogP contribution in [0.25, 0.3) is 0 Å². The Morgan fingerprint density at radius 1 is 1.47 bits per heavy atom. The molecule has 2 atom stereocenters. The van der Waals surface area contributed by atoms with Crippen LogP contribution in [0, 0.1) is 11.3 Å². The largest absolute Gasteiger partial charge is 0.367 e. The van der Waals surface area contributed by atoms with E-state index in [0.717, 1.165) is 24.2 Å². The van der Waals surface area contributed by atoms with Crippen LogP contribution in [0.2, 0.25) is 0 Å². The smallest absolute Gasteiger partial charge is 0.0992 e. The van der Waals surface area contributed by atoms with Crippen LogP contribution in [0.1, 0.15) is 31.7 Å². The number of piperidine rings is 1. The number of hydrogen-bond donors (Lipinski definition) is 1. The average Bonchev–Trinajstić information content (AvgIpc) is 2.39. The summed E-state index contributed by atoms with van der Waals surface area (Å²) in [6.45, 7) is 3.11. The van der Waals surface area contributed by atoms with Gasteiger partial charge < -0.3 is 10.6 Å². The maximum absolute atomic E-state index is 8.94. The van der Waals surface area contributed by atoms with Gasteiger partial charge in [0.15, 0.2) is 0 Å². The van der Waals surface area contributed by atoms with Gasteiger partial charge >= 0.3 is 0 Å². The Morgan fingerprint density at radius 3 is 3.00 bits per heavy atom. The van der Waals surface area contributed by atoms with E-state index in [1.165, 1.54) is 12.8 Å². The van der Waals surface area contributed by atoms with Crippen molar-refractivity contribution < 1.29 is 0 Å². The molecule has 1 saturated heterocycles. The molecule has 0 saturated carbocycles. The minimum absolute atomic E-state index is 0.168. The summed E-state index contributed by atoms with van der Waals surface area (Å²) in [7, 11) is 0. The van der Waals surface area contributed by atoms with Gasteiger partial charge in [-0.2, -0.15) is 5.26 Å². The minimum Gasteiger partial charge on any atom is -0.367 e. The number of nitrogens with zero attached hydrogens (tertiary/aromatic N) is 2. The molecule has 2 N–H and O–H groups in total. The van der Waals surface area contributed by atoms with Gasteiger partial charge in [0.2, 0.25) is 0 Å². The molecule has 2 unspecified atom stereocenters. The van der Waals surface area contributed by atoms with Crippen molar-refractivity contribution in [3.05, 3.63) is 29.8 Å². The van der Waals surface area contributed by atoms with Gasteiger partial charge in [-0.15, -0.1) is 0 Å². The van der Waals surface area contributed by atoms with Crippen LogP contribution in [0.3, 0.4) is 0 Å². The molecule has 1 aromatic carbocycles. The third-order valence-corrected chi connectivity index (χ3v) is 3.46. The topological polar surface area (TPSA) is 53.0 Å². The van der Waals surface area contributed by atoms with Gasteiger partial charge in [-0.05, 0) is 44.4 Å². The summed E-state index contributed by atoms with van der Waals surface area (Å²) in [5, 5.41) is 8.94. The van der Waals surface area contributed by atoms with Crippen molar-refractivity contribution in [3.8, 4) is 6.07 Å². The second-order valence-corrected chi connectivity index (χ2v) is 4.78. The lowest BCUT2D eigenvalue weighted by Crippen LogP contribution is -2.49. The molecule has 17 heavy (non-hydrogen) atoms. The first-order chi connectivity index (χ1) is 8.22. The molecule has 1 fully saturated rings. The molecular weight excluding hydrogens is 210 g/mol. The van der Waals surface area contributed by atoms with Crippen LogP contribution < -0.4 is 10.6 Å². The molecule has 1 aromatic rings. The maximum atomic E-state index is 8.94. The standard InChI is InChI=1S/C14H19N3/c1-11(16)14-7-2-3-8-17(14)13-6-4-5-12(9-13)10-15/h4-6,9,11,14H,2-3,7-8,16H2,1H3. The van der Waals surface area contributed by atoms with Gasteiger partial charge in [-0.25, -0.2) is 0 Å². The number of hydrogen-bond acceptors (Lipinski definition) is 3. The highest BCUT2D eigenvalue weighted by molar-refractivity contribution is 5.52. The predicted molar refractivity (Wildman–Crippen MR) is 69.8 cm³/mol. The molecule has 3 heteroatoms. The molecule has 1 aliphatic heterocycles. The second kappa shape index (κ2) is 5.20. The highest BCUT2D eigenvalue weighted by Gasteiger charge is 2.25. The number of rotatable bonds is 2. The van der Waals surface area contributed by atoms with Gasteiger partial charge in [0, 0.05) is 24.3 Å². The summed E-state index contributed by atoms with van der Waals surface area (Å²) in [5.41, 5.74) is 7.91. The molecule has 0 aromatic heterocycles. The summed E-state index contributed by atoms with van der Waals surface area (Å²) < 4.78 is 0. The molecule has 1 heterocycles. The molecule has 0 radical (unpaired) electrons. The van der Waals surface area contributed by atoms with E-state index in [1.54, 1.807) is 0 Å². The second-order valence-electron chi connectivity index (χ2n) is 4.78. The first kappa shape index (κ1) is 11.9. The summed E-state index contributed by atoms with van der Waals surface area (Å²) in [5.74, 6) is 0. The minimum atomic E-state index is 0.168. The maximum Gasteiger partial charge on any atom is 0.0992 e. The van der Waals surface area contributed by atoms with Gasteiger partial charge in [-0.3, -0.25) is 0 Å². The third kappa shape index (κ3) is 2.59. The number of nitriles is 1. The van der Waals surface area contributed by atoms with Crippen LogP contribution in [0.15, 0.2) is 24.3 Å². The zero-order valence-electron chi connectivity index (χ0n) is 10.3. The highest BCUT2D eigenvalue weighted by Crippen LogP contribution is 2.26. The number of anilines is 1. The fourth-order valence-electron chi connectivity index (χ4n) is 2.58. The quantitative estimate of drug-likeness (QED) is 0.846. The number of benzene rings is 1. The van der Waals surface area contributed by atoms with E-state index in [0.29, 0.717) is 6.04 Å². The van der Waals surface area contributed by atoms with Crippen LogP contribution in [-0.2, 0) is 0 Å². The Balaban J connectivity index is 2.26. The van der Waals surface area contributed by atoms with Gasteiger partial charge in [0.05, 0.1) is 11.6 Å². The summed E-state index contributed by atoms with van der Waals surface area (Å²) >= 11 is 0. The van der Waals surface area contributed by atoms with Crippen LogP contribution in [0.5, 0.6) is 0 Å². The van der Waals surface area contributed by atoms with Crippen molar-refractivity contribution in [3.63, 3.8) is 0 Å². The third-order valence-electron chi connectivity index (χ3n) is 3.46. The molecule has 1 aliphatic rings. The molecule has 2 rings (SSSR count). The van der Waals surface area contributed by atoms with E-state index >= 15 is 0 Å². The molecule has 0 amide bonds. The van der Waals surface area contributed by atoms with Gasteiger partial charge in [0.1, 0.15) is 0 Å². The van der Waals surface area contributed by atoms with E-state index in [4.69, 9.17) is 11.0 Å². The Labute approximate surface area is 103 Å². The molecule has 90 valence electrons. The Morgan fingerprint density at radius 2 is 2.29 bits per heavy atom. The first-order valence-corrected chi connectivity index (χ1v) is 6.25. The van der Waals surface area contributed by atoms with E-state index in [9.17, 15) is 0 Å². The normalized spacial score (nSPS) is 21.9. The van der Waals surface area contributed by atoms with E-state index in [2.05, 4.69) is 24.0 Å². The monoisotopic (exact) mass is 229 g/mol. The molecular formula is C14H19N3. The van der Waals surface area contributed by atoms with Crippen LogP contribution in [0.4, 0.5) is 5.69 Å². The Hall–Kier alpha value is -1.53. The van der Waals surface area contributed by atoms with Crippen molar-refractivity contribution in [1.29, 1.82) is 5.26 Å². The van der Waals surface area contributed by atoms with Crippen molar-refractivity contribution in [2.75, 3.05) is 11.4 Å². The zero-order chi connectivity index (χ0) is 12.3. The van der Waals surface area contributed by atoms with Crippen LogP contribution >= 0.6 is 0 Å². The lowest BCUT2D eigenvalue weighted by atomic mass is 9.96. The summed E-state index contributed by atoms with van der Waals surface area (Å²) in [4.78, 5) is 2.36. The SMILES string of the molecule is CC(N)C1CCCCN1c1cccc(C#N)c1. The Bertz CT molecular complexity index is 420. The van der Waals surface area contributed by atoms with Crippen LogP contribution in [-0.4, -0.2) is 18.6 Å². The number of nitrogens with two attached hydrogens (primary N) is 1.